The number of benzene rings is 1. The number of aliphatic hydroxyl groups excluding tert-OH is 7. The summed E-state index contributed by atoms with van der Waals surface area (Å²) in [5, 5.41) is 70.6. The second kappa shape index (κ2) is 12.2. The Bertz CT molecular complexity index is 708. The Labute approximate surface area is 205 Å². The Morgan fingerprint density at radius 1 is 0.724 bits per heavy atom. The molecule has 0 aliphatic carbocycles. The van der Waals surface area contributed by atoms with Crippen LogP contribution in [0.25, 0.3) is 0 Å². The molecule has 1 aromatic carbocycles. The monoisotopic (exact) mass is 752 g/mol. The van der Waals surface area contributed by atoms with Crippen molar-refractivity contribution in [1.29, 1.82) is 0 Å². The highest BCUT2D eigenvalue weighted by Crippen LogP contribution is 2.39. The fourth-order valence-corrected chi connectivity index (χ4v) is 6.06. The molecule has 1 rings (SSSR count). The van der Waals surface area contributed by atoms with Crippen LogP contribution in [-0.4, -0.2) is 85.2 Å². The molecule has 164 valence electrons. The highest BCUT2D eigenvalue weighted by Gasteiger charge is 2.29. The molecule has 1 aromatic rings. The van der Waals surface area contributed by atoms with Gasteiger partial charge in [0, 0.05) is 12.7 Å². The van der Waals surface area contributed by atoms with Crippen LogP contribution < -0.4 is 10.6 Å². The van der Waals surface area contributed by atoms with Crippen molar-refractivity contribution in [3.8, 4) is 0 Å². The third-order valence-corrected chi connectivity index (χ3v) is 7.16. The maximum atomic E-state index is 12.2. The molecule has 29 heavy (non-hydrogen) atoms. The van der Waals surface area contributed by atoms with Gasteiger partial charge in [-0.05, 0) is 67.8 Å². The summed E-state index contributed by atoms with van der Waals surface area (Å²) in [7, 11) is 0. The number of carbonyl (C=O) groups is 2. The molecule has 0 spiro atoms. The highest BCUT2D eigenvalue weighted by atomic mass is 127. The third kappa shape index (κ3) is 6.53. The molecule has 14 heteroatoms. The number of nitrogens with one attached hydrogen (secondary N) is 2. The minimum absolute atomic E-state index is 0.109. The number of anilines is 2. The average molecular weight is 752 g/mol. The minimum atomic E-state index is -1.93. The maximum absolute atomic E-state index is 12.2. The van der Waals surface area contributed by atoms with Crippen LogP contribution in [0, 0.1) is 10.7 Å². The van der Waals surface area contributed by atoms with E-state index in [2.05, 4.69) is 10.6 Å². The summed E-state index contributed by atoms with van der Waals surface area (Å²) in [6, 6.07) is 0. The molecule has 0 heterocycles. The fraction of sp³-hybridized carbons (Fsp3) is 0.467. The lowest BCUT2D eigenvalue weighted by atomic mass is 10.1. The van der Waals surface area contributed by atoms with E-state index in [9.17, 15) is 35.1 Å². The van der Waals surface area contributed by atoms with Crippen LogP contribution in [0.15, 0.2) is 0 Å². The number of hydrogen-bond acceptors (Lipinski definition) is 9. The van der Waals surface area contributed by atoms with Gasteiger partial charge in [-0.3, -0.25) is 9.59 Å². The van der Waals surface area contributed by atoms with Crippen LogP contribution in [0.3, 0.4) is 0 Å². The Balaban J connectivity index is 3.37. The maximum Gasteiger partial charge on any atom is 0.256 e. The minimum Gasteiger partial charge on any atom is -0.394 e. The first-order valence-electron chi connectivity index (χ1n) is 7.87. The molecule has 11 nitrogen and oxygen atoms in total. The summed E-state index contributed by atoms with van der Waals surface area (Å²) in [5.74, 6) is -2.05. The molecule has 0 saturated carbocycles. The van der Waals surface area contributed by atoms with Crippen LogP contribution in [0.5, 0.6) is 0 Å². The average Bonchev–Trinajstić information content (AvgIpc) is 2.71. The van der Waals surface area contributed by atoms with E-state index in [1.165, 1.54) is 0 Å². The topological polar surface area (TPSA) is 200 Å². The van der Waals surface area contributed by atoms with Crippen molar-refractivity contribution in [1.82, 2.24) is 0 Å². The molecular formula is C15H19I3N2O9. The summed E-state index contributed by atoms with van der Waals surface area (Å²) in [5.41, 5.74) is 0.543. The highest BCUT2D eigenvalue weighted by molar-refractivity contribution is 14.1. The number of amides is 2. The lowest BCUT2D eigenvalue weighted by molar-refractivity contribution is -0.131. The Morgan fingerprint density at radius 2 is 1.07 bits per heavy atom. The SMILES string of the molecule is O=C(Nc1c(I)c(CO)c(I)c(NC(=O)C(O)C(O)CO)c1I)C(O)C(O)CO. The number of halogens is 3. The van der Waals surface area contributed by atoms with Gasteiger partial charge in [0.15, 0.2) is 12.2 Å². The van der Waals surface area contributed by atoms with Crippen LogP contribution in [0.2, 0.25) is 0 Å². The molecule has 0 aliphatic rings. The van der Waals surface area contributed by atoms with Gasteiger partial charge in [0.05, 0.1) is 34.8 Å². The zero-order valence-corrected chi connectivity index (χ0v) is 21.0. The molecule has 0 aliphatic heterocycles. The predicted molar refractivity (Wildman–Crippen MR) is 126 cm³/mol. The molecule has 0 aromatic heterocycles. The van der Waals surface area contributed by atoms with Gasteiger partial charge in [-0.15, -0.1) is 0 Å². The Kier molecular flexibility index (Phi) is 11.4. The van der Waals surface area contributed by atoms with Crippen molar-refractivity contribution >= 4 is 91.0 Å². The fourth-order valence-electron chi connectivity index (χ4n) is 2.02. The van der Waals surface area contributed by atoms with Crippen LogP contribution in [0.4, 0.5) is 11.4 Å². The van der Waals surface area contributed by atoms with E-state index in [4.69, 9.17) is 10.2 Å². The zero-order valence-electron chi connectivity index (χ0n) is 14.5. The standard InChI is InChI=1S/C15H19I3N2O9/c16-7-4(1-21)8(17)11(20-15(29)13(27)6(25)3-23)9(18)10(7)19-14(28)12(26)5(24)2-22/h5-6,12-13,21-27H,1-3H2,(H,19,28)(H,20,29). The Hall–Kier alpha value is 0.0700. The molecular weight excluding hydrogens is 733 g/mol. The molecule has 0 radical (unpaired) electrons. The van der Waals surface area contributed by atoms with Crippen molar-refractivity contribution in [3.63, 3.8) is 0 Å². The van der Waals surface area contributed by atoms with Crippen molar-refractivity contribution in [2.45, 2.75) is 31.0 Å². The number of aliphatic hydroxyl groups is 7. The second-order valence-corrected chi connectivity index (χ2v) is 8.93. The summed E-state index contributed by atoms with van der Waals surface area (Å²) in [6.07, 6.45) is -7.27. The van der Waals surface area contributed by atoms with Gasteiger partial charge in [-0.2, -0.15) is 0 Å². The normalized spacial score (nSPS) is 15.4. The van der Waals surface area contributed by atoms with Gasteiger partial charge in [0.2, 0.25) is 0 Å². The molecule has 0 bridgehead atoms. The van der Waals surface area contributed by atoms with Crippen molar-refractivity contribution in [2.75, 3.05) is 23.8 Å². The molecule has 4 unspecified atom stereocenters. The summed E-state index contributed by atoms with van der Waals surface area (Å²) in [6.45, 7) is -2.16. The van der Waals surface area contributed by atoms with Crippen molar-refractivity contribution in [3.05, 3.63) is 16.3 Å². The van der Waals surface area contributed by atoms with Crippen molar-refractivity contribution in [2.24, 2.45) is 0 Å². The number of rotatable bonds is 9. The first-order valence-corrected chi connectivity index (χ1v) is 11.1. The first kappa shape index (κ1) is 27.1. The number of hydrogen-bond donors (Lipinski definition) is 9. The van der Waals surface area contributed by atoms with E-state index in [0.29, 0.717) is 12.7 Å². The summed E-state index contributed by atoms with van der Waals surface area (Å²) in [4.78, 5) is 24.4. The number of carbonyl (C=O) groups excluding carboxylic acids is 2. The van der Waals surface area contributed by atoms with E-state index >= 15 is 0 Å². The van der Waals surface area contributed by atoms with E-state index in [1.807, 2.05) is 45.2 Å². The molecule has 9 N–H and O–H groups in total. The Morgan fingerprint density at radius 3 is 1.34 bits per heavy atom. The van der Waals surface area contributed by atoms with Gasteiger partial charge < -0.3 is 46.4 Å². The van der Waals surface area contributed by atoms with Crippen molar-refractivity contribution < 1.29 is 45.3 Å². The van der Waals surface area contributed by atoms with Gasteiger partial charge in [0.25, 0.3) is 11.8 Å². The predicted octanol–water partition coefficient (Wildman–Crippen LogP) is -1.70. The lowest BCUT2D eigenvalue weighted by Crippen LogP contribution is -2.41. The largest absolute Gasteiger partial charge is 0.394 e. The van der Waals surface area contributed by atoms with E-state index in [1.54, 1.807) is 22.6 Å². The molecule has 0 saturated heterocycles. The van der Waals surface area contributed by atoms with Gasteiger partial charge in [-0.1, -0.05) is 0 Å². The van der Waals surface area contributed by atoms with Gasteiger partial charge >= 0.3 is 0 Å². The van der Waals surface area contributed by atoms with Crippen LogP contribution >= 0.6 is 67.8 Å². The quantitative estimate of drug-likeness (QED) is 0.132. The van der Waals surface area contributed by atoms with Crippen LogP contribution in [-0.2, 0) is 16.2 Å². The molecule has 0 fully saturated rings. The summed E-state index contributed by atoms with van der Waals surface area (Å²) >= 11 is 5.47. The molecule has 2 amide bonds. The lowest BCUT2D eigenvalue weighted by Gasteiger charge is -2.22. The van der Waals surface area contributed by atoms with E-state index < -0.39 is 56.1 Å². The van der Waals surface area contributed by atoms with E-state index in [0.717, 1.165) is 0 Å². The second-order valence-electron chi connectivity index (χ2n) is 5.70. The summed E-state index contributed by atoms with van der Waals surface area (Å²) < 4.78 is 1.06. The van der Waals surface area contributed by atoms with Gasteiger partial charge in [0.1, 0.15) is 12.2 Å². The molecule has 4 atom stereocenters. The van der Waals surface area contributed by atoms with E-state index in [-0.39, 0.29) is 14.9 Å². The van der Waals surface area contributed by atoms with Crippen LogP contribution in [0.1, 0.15) is 5.56 Å². The first-order chi connectivity index (χ1) is 13.5. The zero-order chi connectivity index (χ0) is 22.5. The smallest absolute Gasteiger partial charge is 0.256 e. The van der Waals surface area contributed by atoms with Gasteiger partial charge in [-0.25, -0.2) is 0 Å². The third-order valence-electron chi connectivity index (χ3n) is 3.70.